The molecule has 0 spiro atoms. The van der Waals surface area contributed by atoms with E-state index in [0.717, 1.165) is 27.8 Å². The first-order chi connectivity index (χ1) is 13.4. The molecule has 0 radical (unpaired) electrons. The van der Waals surface area contributed by atoms with Gasteiger partial charge in [-0.2, -0.15) is 4.39 Å². The molecule has 4 nitrogen and oxygen atoms in total. The van der Waals surface area contributed by atoms with Gasteiger partial charge in [-0.1, -0.05) is 23.8 Å². The van der Waals surface area contributed by atoms with Crippen LogP contribution in [0.4, 0.5) is 4.39 Å². The molecule has 0 unspecified atom stereocenters. The van der Waals surface area contributed by atoms with Gasteiger partial charge in [-0.3, -0.25) is 4.79 Å². The van der Waals surface area contributed by atoms with Crippen LogP contribution in [0, 0.1) is 38.6 Å². The van der Waals surface area contributed by atoms with Gasteiger partial charge in [-0.15, -0.1) is 0 Å². The molecule has 2 aliphatic heterocycles. The predicted molar refractivity (Wildman–Crippen MR) is 102 cm³/mol. The number of pyridine rings is 1. The van der Waals surface area contributed by atoms with Gasteiger partial charge in [0.1, 0.15) is 5.76 Å². The maximum absolute atomic E-state index is 13.3. The van der Waals surface area contributed by atoms with E-state index in [9.17, 15) is 14.3 Å². The van der Waals surface area contributed by atoms with Gasteiger partial charge in [0.25, 0.3) is 0 Å². The Bertz CT molecular complexity index is 1000. The third-order valence-electron chi connectivity index (χ3n) is 6.58. The maximum atomic E-state index is 13.3. The topological polar surface area (TPSA) is 59.4 Å². The van der Waals surface area contributed by atoms with Crippen molar-refractivity contribution in [1.82, 2.24) is 4.98 Å². The smallest absolute Gasteiger partial charge is 0.212 e. The number of aromatic nitrogens is 1. The number of nitrogens with zero attached hydrogens (tertiary/aromatic N) is 1. The Morgan fingerprint density at radius 2 is 1.86 bits per heavy atom. The number of aliphatic hydroxyl groups is 1. The third kappa shape index (κ3) is 2.32. The summed E-state index contributed by atoms with van der Waals surface area (Å²) in [6, 6.07) is 7.15. The zero-order valence-corrected chi connectivity index (χ0v) is 16.1. The van der Waals surface area contributed by atoms with Gasteiger partial charge in [-0.25, -0.2) is 4.98 Å². The number of hydrogen-bond acceptors (Lipinski definition) is 4. The van der Waals surface area contributed by atoms with E-state index in [0.29, 0.717) is 12.0 Å². The highest BCUT2D eigenvalue weighted by molar-refractivity contribution is 6.26. The van der Waals surface area contributed by atoms with E-state index < -0.39 is 5.95 Å². The molecule has 0 saturated carbocycles. The van der Waals surface area contributed by atoms with Crippen molar-refractivity contribution in [3.63, 3.8) is 0 Å². The number of carbonyl (C=O) groups is 1. The number of carbonyl (C=O) groups excluding carboxylic acids is 1. The number of Topliss-reactive ketones (excluding diaryl/α,β-unsaturated/α-hetero) is 1. The van der Waals surface area contributed by atoms with Gasteiger partial charge in [0.05, 0.1) is 29.6 Å². The molecule has 1 N–H and O–H groups in total. The Kier molecular flexibility index (Phi) is 3.75. The molecule has 2 aromatic rings. The van der Waals surface area contributed by atoms with Gasteiger partial charge in [0, 0.05) is 12.1 Å². The van der Waals surface area contributed by atoms with E-state index in [-0.39, 0.29) is 41.5 Å². The molecule has 28 heavy (non-hydrogen) atoms. The fraction of sp³-hybridized carbons (Fsp3) is 0.391. The van der Waals surface area contributed by atoms with Crippen LogP contribution in [0.15, 0.2) is 36.2 Å². The second-order valence-electron chi connectivity index (χ2n) is 8.35. The van der Waals surface area contributed by atoms with Gasteiger partial charge in [0.15, 0.2) is 5.78 Å². The van der Waals surface area contributed by atoms with Gasteiger partial charge in [0.2, 0.25) is 5.95 Å². The van der Waals surface area contributed by atoms with E-state index >= 15 is 0 Å². The summed E-state index contributed by atoms with van der Waals surface area (Å²) in [7, 11) is 0. The van der Waals surface area contributed by atoms with Crippen molar-refractivity contribution in [3.8, 4) is 0 Å². The molecule has 0 amide bonds. The summed E-state index contributed by atoms with van der Waals surface area (Å²) in [5.74, 6) is -1.04. The van der Waals surface area contributed by atoms with E-state index in [4.69, 9.17) is 4.74 Å². The molecule has 3 aliphatic rings. The molecule has 5 atom stereocenters. The van der Waals surface area contributed by atoms with Crippen molar-refractivity contribution in [2.45, 2.75) is 45.3 Å². The summed E-state index contributed by atoms with van der Waals surface area (Å²) in [6.45, 7) is 5.99. The summed E-state index contributed by atoms with van der Waals surface area (Å²) >= 11 is 0. The number of benzene rings is 1. The number of aryl methyl sites for hydroxylation is 3. The lowest BCUT2D eigenvalue weighted by Gasteiger charge is -2.27. The Hall–Kier alpha value is -2.53. The Balaban J connectivity index is 1.57. The highest BCUT2D eigenvalue weighted by Gasteiger charge is 2.62. The van der Waals surface area contributed by atoms with Gasteiger partial charge < -0.3 is 9.84 Å². The number of hydrogen-bond donors (Lipinski definition) is 1. The average molecular weight is 379 g/mol. The normalized spacial score (nSPS) is 31.0. The molecule has 2 fully saturated rings. The summed E-state index contributed by atoms with van der Waals surface area (Å²) in [5, 5.41) is 11.1. The minimum atomic E-state index is -0.517. The van der Waals surface area contributed by atoms with Crippen molar-refractivity contribution >= 4 is 11.4 Å². The molecule has 1 aromatic heterocycles. The second kappa shape index (κ2) is 5.98. The molecule has 5 heteroatoms. The Morgan fingerprint density at radius 1 is 1.14 bits per heavy atom. The van der Waals surface area contributed by atoms with Crippen LogP contribution in [-0.2, 0) is 9.53 Å². The van der Waals surface area contributed by atoms with Crippen LogP contribution in [0.1, 0.15) is 40.2 Å². The number of fused-ring (bicyclic) bond motifs is 5. The number of rotatable bonds is 2. The summed E-state index contributed by atoms with van der Waals surface area (Å²) in [4.78, 5) is 17.1. The van der Waals surface area contributed by atoms with Crippen LogP contribution in [0.2, 0.25) is 0 Å². The molecule has 5 rings (SSSR count). The number of allylic oxidation sites excluding steroid dienone is 1. The SMILES string of the molecule is Cc1cc(C)c(C2=C(O)[C@@H]3[C@@H]4O[C@@H](C[C@H]4c4ccc(F)nc4)[C@@H]3C2=O)c(C)c1. The van der Waals surface area contributed by atoms with Crippen LogP contribution in [0.5, 0.6) is 0 Å². The summed E-state index contributed by atoms with van der Waals surface area (Å²) in [5.41, 5.74) is 5.34. The van der Waals surface area contributed by atoms with E-state index in [1.807, 2.05) is 32.9 Å². The van der Waals surface area contributed by atoms with Crippen LogP contribution >= 0.6 is 0 Å². The number of ether oxygens (including phenoxy) is 1. The second-order valence-corrected chi connectivity index (χ2v) is 8.35. The monoisotopic (exact) mass is 379 g/mol. The molecule has 2 saturated heterocycles. The Morgan fingerprint density at radius 3 is 2.50 bits per heavy atom. The van der Waals surface area contributed by atoms with Crippen LogP contribution in [0.3, 0.4) is 0 Å². The zero-order chi connectivity index (χ0) is 19.7. The van der Waals surface area contributed by atoms with Crippen molar-refractivity contribution in [1.29, 1.82) is 0 Å². The van der Waals surface area contributed by atoms with Crippen molar-refractivity contribution < 1.29 is 19.0 Å². The minimum Gasteiger partial charge on any atom is -0.511 e. The molecule has 1 aromatic carbocycles. The molecular formula is C23H22FNO3. The molecular weight excluding hydrogens is 357 g/mol. The average Bonchev–Trinajstić information content (AvgIpc) is 3.29. The lowest BCUT2D eigenvalue weighted by Crippen LogP contribution is -2.33. The quantitative estimate of drug-likeness (QED) is 0.795. The highest BCUT2D eigenvalue weighted by Crippen LogP contribution is 2.58. The van der Waals surface area contributed by atoms with Gasteiger partial charge in [-0.05, 0) is 55.5 Å². The summed E-state index contributed by atoms with van der Waals surface area (Å²) in [6.07, 6.45) is 1.72. The Labute approximate surface area is 163 Å². The molecule has 2 bridgehead atoms. The summed E-state index contributed by atoms with van der Waals surface area (Å²) < 4.78 is 19.3. The van der Waals surface area contributed by atoms with E-state index in [1.54, 1.807) is 6.07 Å². The zero-order valence-electron chi connectivity index (χ0n) is 16.1. The number of aliphatic hydroxyl groups excluding tert-OH is 1. The van der Waals surface area contributed by atoms with E-state index in [2.05, 4.69) is 4.98 Å². The minimum absolute atomic E-state index is 0.00821. The molecule has 1 aliphatic carbocycles. The number of halogens is 1. The first kappa shape index (κ1) is 17.6. The maximum Gasteiger partial charge on any atom is 0.212 e. The van der Waals surface area contributed by atoms with Crippen LogP contribution in [-0.4, -0.2) is 28.1 Å². The third-order valence-corrected chi connectivity index (χ3v) is 6.58. The first-order valence-electron chi connectivity index (χ1n) is 9.69. The standard InChI is InChI=1S/C23H22FNO3/c1-10-6-11(2)17(12(3)7-10)19-21(26)18-15-8-14(13-4-5-16(24)25-9-13)23(28-15)20(18)22(19)27/h4-7,9,14-15,18,20,23,27H,8H2,1-3H3/t14-,15-,18-,20+,23+/m0/s1. The van der Waals surface area contributed by atoms with Crippen molar-refractivity contribution in [3.05, 3.63) is 70.0 Å². The lowest BCUT2D eigenvalue weighted by atomic mass is 9.73. The van der Waals surface area contributed by atoms with Crippen molar-refractivity contribution in [2.24, 2.45) is 11.8 Å². The first-order valence-corrected chi connectivity index (χ1v) is 9.69. The predicted octanol–water partition coefficient (Wildman–Crippen LogP) is 4.19. The van der Waals surface area contributed by atoms with Crippen LogP contribution < -0.4 is 0 Å². The largest absolute Gasteiger partial charge is 0.511 e. The van der Waals surface area contributed by atoms with E-state index in [1.165, 1.54) is 12.3 Å². The van der Waals surface area contributed by atoms with Crippen LogP contribution in [0.25, 0.3) is 5.57 Å². The fourth-order valence-electron chi connectivity index (χ4n) is 5.61. The fourth-order valence-corrected chi connectivity index (χ4v) is 5.61. The highest BCUT2D eigenvalue weighted by atomic mass is 19.1. The molecule has 144 valence electrons. The van der Waals surface area contributed by atoms with Gasteiger partial charge >= 0.3 is 0 Å². The lowest BCUT2D eigenvalue weighted by molar-refractivity contribution is -0.118. The molecule has 3 heterocycles. The van der Waals surface area contributed by atoms with Crippen molar-refractivity contribution in [2.75, 3.05) is 0 Å². The number of ketones is 1.